The van der Waals surface area contributed by atoms with Crippen molar-refractivity contribution in [3.05, 3.63) is 66.0 Å². The summed E-state index contributed by atoms with van der Waals surface area (Å²) in [5, 5.41) is 3.14. The van der Waals surface area contributed by atoms with Crippen molar-refractivity contribution < 1.29 is 9.18 Å². The van der Waals surface area contributed by atoms with Crippen LogP contribution in [-0.2, 0) is 11.3 Å². The van der Waals surface area contributed by atoms with Gasteiger partial charge in [-0.2, -0.15) is 0 Å². The van der Waals surface area contributed by atoms with Crippen LogP contribution in [0.25, 0.3) is 0 Å². The minimum Gasteiger partial charge on any atom is -0.376 e. The first-order valence-electron chi connectivity index (χ1n) is 7.55. The summed E-state index contributed by atoms with van der Waals surface area (Å²) in [5.41, 5.74) is 1.76. The summed E-state index contributed by atoms with van der Waals surface area (Å²) in [6, 6.07) is 16.4. The summed E-state index contributed by atoms with van der Waals surface area (Å²) in [6.07, 6.45) is 2.07. The summed E-state index contributed by atoms with van der Waals surface area (Å²) < 4.78 is 13.3. The molecule has 2 aromatic carbocycles. The molecule has 23 heavy (non-hydrogen) atoms. The molecule has 0 atom stereocenters. The number of benzene rings is 2. The van der Waals surface area contributed by atoms with Crippen molar-refractivity contribution in [3.63, 3.8) is 0 Å². The van der Waals surface area contributed by atoms with Crippen LogP contribution < -0.4 is 5.32 Å². The summed E-state index contributed by atoms with van der Waals surface area (Å²) in [7, 11) is 0. The summed E-state index contributed by atoms with van der Waals surface area (Å²) in [6.45, 7) is 0.730. The second-order valence-electron chi connectivity index (χ2n) is 5.60. The lowest BCUT2D eigenvalue weighted by atomic mass is 10.2. The standard InChI is InChI=1S/C18H19FN2O.ClH/c19-15-6-4-5-14(11-15)13-21(17-9-10-17)18(22)12-20-16-7-2-1-3-8-16;/h1-8,11,17,20H,9-10,12-13H2;1H. The highest BCUT2D eigenvalue weighted by atomic mass is 35.5. The molecule has 1 amide bonds. The van der Waals surface area contributed by atoms with E-state index in [4.69, 9.17) is 0 Å². The molecule has 0 aromatic heterocycles. The summed E-state index contributed by atoms with van der Waals surface area (Å²) in [4.78, 5) is 14.3. The number of carbonyl (C=O) groups excluding carboxylic acids is 1. The van der Waals surface area contributed by atoms with Crippen LogP contribution in [0.1, 0.15) is 18.4 Å². The molecule has 1 N–H and O–H groups in total. The van der Waals surface area contributed by atoms with Gasteiger partial charge in [-0.05, 0) is 42.7 Å². The van der Waals surface area contributed by atoms with Gasteiger partial charge in [0.05, 0.1) is 6.54 Å². The highest BCUT2D eigenvalue weighted by molar-refractivity contribution is 5.85. The van der Waals surface area contributed by atoms with E-state index in [0.717, 1.165) is 24.1 Å². The highest BCUT2D eigenvalue weighted by Gasteiger charge is 2.32. The zero-order valence-electron chi connectivity index (χ0n) is 12.7. The number of hydrogen-bond acceptors (Lipinski definition) is 2. The van der Waals surface area contributed by atoms with Crippen LogP contribution in [0.3, 0.4) is 0 Å². The molecule has 1 aliphatic carbocycles. The molecule has 2 aromatic rings. The van der Waals surface area contributed by atoms with E-state index >= 15 is 0 Å². The number of para-hydroxylation sites is 1. The van der Waals surface area contributed by atoms with Gasteiger partial charge in [-0.15, -0.1) is 12.4 Å². The van der Waals surface area contributed by atoms with Crippen molar-refractivity contribution in [2.75, 3.05) is 11.9 Å². The van der Waals surface area contributed by atoms with E-state index in [1.54, 1.807) is 6.07 Å². The zero-order valence-corrected chi connectivity index (χ0v) is 13.6. The van der Waals surface area contributed by atoms with Gasteiger partial charge < -0.3 is 10.2 Å². The van der Waals surface area contributed by atoms with Crippen LogP contribution in [0, 0.1) is 5.82 Å². The van der Waals surface area contributed by atoms with E-state index in [2.05, 4.69) is 5.32 Å². The normalized spacial score (nSPS) is 13.1. The summed E-state index contributed by atoms with van der Waals surface area (Å²) in [5.74, 6) is -0.210. The van der Waals surface area contributed by atoms with Crippen molar-refractivity contribution in [1.29, 1.82) is 0 Å². The Labute approximate surface area is 141 Å². The first-order chi connectivity index (χ1) is 10.7. The van der Waals surface area contributed by atoms with Gasteiger partial charge in [-0.1, -0.05) is 30.3 Å². The van der Waals surface area contributed by atoms with Gasteiger partial charge >= 0.3 is 0 Å². The molecule has 0 heterocycles. The number of amides is 1. The Hall–Kier alpha value is -2.07. The van der Waals surface area contributed by atoms with E-state index < -0.39 is 0 Å². The molecule has 1 fully saturated rings. The number of carbonyl (C=O) groups is 1. The first kappa shape index (κ1) is 17.3. The number of halogens is 2. The van der Waals surface area contributed by atoms with Crippen LogP contribution in [0.4, 0.5) is 10.1 Å². The molecule has 0 unspecified atom stereocenters. The molecule has 5 heteroatoms. The molecule has 122 valence electrons. The number of hydrogen-bond donors (Lipinski definition) is 1. The first-order valence-corrected chi connectivity index (χ1v) is 7.55. The van der Waals surface area contributed by atoms with Gasteiger partial charge in [0, 0.05) is 18.3 Å². The van der Waals surface area contributed by atoms with Gasteiger partial charge in [0.1, 0.15) is 5.82 Å². The molecule has 3 nitrogen and oxygen atoms in total. The van der Waals surface area contributed by atoms with Crippen molar-refractivity contribution >= 4 is 24.0 Å². The third kappa shape index (κ3) is 4.96. The Kier molecular flexibility index (Phi) is 5.99. The fraction of sp³-hybridized carbons (Fsp3) is 0.278. The van der Waals surface area contributed by atoms with Gasteiger partial charge in [-0.3, -0.25) is 4.79 Å². The smallest absolute Gasteiger partial charge is 0.242 e. The number of anilines is 1. The van der Waals surface area contributed by atoms with Crippen LogP contribution in [0.5, 0.6) is 0 Å². The predicted molar refractivity (Wildman–Crippen MR) is 92.2 cm³/mol. The average molecular weight is 335 g/mol. The van der Waals surface area contributed by atoms with Gasteiger partial charge in [-0.25, -0.2) is 4.39 Å². The topological polar surface area (TPSA) is 32.3 Å². The third-order valence-electron chi connectivity index (χ3n) is 3.77. The SMILES string of the molecule is Cl.O=C(CNc1ccccc1)N(Cc1cccc(F)c1)C1CC1. The van der Waals surface area contributed by atoms with Crippen molar-refractivity contribution in [1.82, 2.24) is 4.90 Å². The summed E-state index contributed by atoms with van der Waals surface area (Å²) >= 11 is 0. The quantitative estimate of drug-likeness (QED) is 0.870. The van der Waals surface area contributed by atoms with Gasteiger partial charge in [0.25, 0.3) is 0 Å². The lowest BCUT2D eigenvalue weighted by molar-refractivity contribution is -0.130. The fourth-order valence-corrected chi connectivity index (χ4v) is 2.47. The van der Waals surface area contributed by atoms with Crippen molar-refractivity contribution in [2.45, 2.75) is 25.4 Å². The van der Waals surface area contributed by atoms with E-state index in [1.807, 2.05) is 41.3 Å². The van der Waals surface area contributed by atoms with E-state index in [9.17, 15) is 9.18 Å². The maximum Gasteiger partial charge on any atom is 0.242 e. The average Bonchev–Trinajstić information content (AvgIpc) is 3.36. The Morgan fingerprint density at radius 3 is 2.52 bits per heavy atom. The molecule has 0 spiro atoms. The number of nitrogens with zero attached hydrogens (tertiary/aromatic N) is 1. The lowest BCUT2D eigenvalue weighted by Crippen LogP contribution is -2.36. The minimum absolute atomic E-state index is 0. The third-order valence-corrected chi connectivity index (χ3v) is 3.77. The van der Waals surface area contributed by atoms with E-state index in [1.165, 1.54) is 12.1 Å². The molecule has 3 rings (SSSR count). The van der Waals surface area contributed by atoms with Crippen LogP contribution in [0.2, 0.25) is 0 Å². The highest BCUT2D eigenvalue weighted by Crippen LogP contribution is 2.28. The molecule has 1 aliphatic rings. The second-order valence-corrected chi connectivity index (χ2v) is 5.60. The van der Waals surface area contributed by atoms with Crippen molar-refractivity contribution in [2.24, 2.45) is 0 Å². The van der Waals surface area contributed by atoms with Crippen LogP contribution >= 0.6 is 12.4 Å². The minimum atomic E-state index is -0.261. The fourth-order valence-electron chi connectivity index (χ4n) is 2.47. The maximum atomic E-state index is 13.3. The largest absolute Gasteiger partial charge is 0.376 e. The molecular weight excluding hydrogens is 315 g/mol. The second kappa shape index (κ2) is 7.97. The van der Waals surface area contributed by atoms with Gasteiger partial charge in [0.15, 0.2) is 0 Å². The number of nitrogens with one attached hydrogen (secondary N) is 1. The van der Waals surface area contributed by atoms with Gasteiger partial charge in [0.2, 0.25) is 5.91 Å². The Balaban J connectivity index is 0.00000192. The number of rotatable bonds is 6. The lowest BCUT2D eigenvalue weighted by Gasteiger charge is -2.23. The predicted octanol–water partition coefficient (Wildman–Crippen LogP) is 3.85. The Morgan fingerprint density at radius 2 is 1.87 bits per heavy atom. The molecule has 1 saturated carbocycles. The molecular formula is C18H20ClFN2O. The van der Waals surface area contributed by atoms with E-state index in [-0.39, 0.29) is 30.7 Å². The van der Waals surface area contributed by atoms with Crippen molar-refractivity contribution in [3.8, 4) is 0 Å². The Morgan fingerprint density at radius 1 is 1.13 bits per heavy atom. The monoisotopic (exact) mass is 334 g/mol. The molecule has 0 saturated heterocycles. The zero-order chi connectivity index (χ0) is 15.4. The van der Waals surface area contributed by atoms with Crippen LogP contribution in [0.15, 0.2) is 54.6 Å². The van der Waals surface area contributed by atoms with Crippen LogP contribution in [-0.4, -0.2) is 23.4 Å². The molecule has 0 bridgehead atoms. The molecule has 0 aliphatic heterocycles. The Bertz CT molecular complexity index is 646. The van der Waals surface area contributed by atoms with E-state index in [0.29, 0.717) is 12.6 Å². The molecule has 0 radical (unpaired) electrons. The maximum absolute atomic E-state index is 13.3.